The van der Waals surface area contributed by atoms with E-state index in [1.165, 1.54) is 23.6 Å². The van der Waals surface area contributed by atoms with E-state index in [-0.39, 0.29) is 35.7 Å². The summed E-state index contributed by atoms with van der Waals surface area (Å²) in [7, 11) is 0. The molecule has 0 aliphatic carbocycles. The average Bonchev–Trinajstić information content (AvgIpc) is 3.30. The third kappa shape index (κ3) is 4.57. The molecule has 0 saturated carbocycles. The number of hydrazine groups is 1. The van der Waals surface area contributed by atoms with Crippen LogP contribution < -0.4 is 17.1 Å². The van der Waals surface area contributed by atoms with Gasteiger partial charge in [-0.3, -0.25) is 15.1 Å². The van der Waals surface area contributed by atoms with Crippen LogP contribution in [0.5, 0.6) is 0 Å². The number of fused-ring (bicyclic) bond motifs is 2. The van der Waals surface area contributed by atoms with Crippen molar-refractivity contribution in [1.29, 1.82) is 0 Å². The monoisotopic (exact) mass is 432 g/mol. The molecule has 3 aliphatic rings. The van der Waals surface area contributed by atoms with Crippen molar-refractivity contribution in [3.05, 3.63) is 48.1 Å². The van der Waals surface area contributed by atoms with E-state index < -0.39 is 0 Å². The third-order valence-electron chi connectivity index (χ3n) is 7.05. The first-order valence-corrected chi connectivity index (χ1v) is 11.0. The van der Waals surface area contributed by atoms with Crippen LogP contribution in [-0.4, -0.2) is 45.5 Å². The number of hydrogen-bond donors (Lipinski definition) is 4. The molecule has 5 atom stereocenters. The van der Waals surface area contributed by atoms with Crippen LogP contribution >= 0.6 is 0 Å². The Hall–Kier alpha value is -2.13. The van der Waals surface area contributed by atoms with Crippen molar-refractivity contribution in [2.75, 3.05) is 0 Å². The lowest BCUT2D eigenvalue weighted by Crippen LogP contribution is -2.41. The van der Waals surface area contributed by atoms with Gasteiger partial charge in [-0.1, -0.05) is 40.9 Å². The highest BCUT2D eigenvalue weighted by Crippen LogP contribution is 2.44. The molecule has 2 bridgehead atoms. The normalized spacial score (nSPS) is 31.5. The van der Waals surface area contributed by atoms with Gasteiger partial charge in [-0.25, -0.2) is 5.84 Å². The molecule has 3 aliphatic heterocycles. The number of nitrogens with two attached hydrogens (primary N) is 2. The zero-order valence-electron chi connectivity index (χ0n) is 19.2. The second kappa shape index (κ2) is 9.16. The van der Waals surface area contributed by atoms with Crippen molar-refractivity contribution in [1.82, 2.24) is 10.5 Å². The summed E-state index contributed by atoms with van der Waals surface area (Å²) in [5.41, 5.74) is 11.9. The van der Waals surface area contributed by atoms with Crippen LogP contribution in [0.1, 0.15) is 53.4 Å². The van der Waals surface area contributed by atoms with Crippen LogP contribution in [0, 0.1) is 11.3 Å². The average molecular weight is 433 g/mol. The maximum Gasteiger partial charge on any atom is 0.246 e. The van der Waals surface area contributed by atoms with Crippen LogP contribution in [-0.2, 0) is 9.57 Å². The van der Waals surface area contributed by atoms with Crippen LogP contribution in [0.15, 0.2) is 48.1 Å². The van der Waals surface area contributed by atoms with Gasteiger partial charge in [0.2, 0.25) is 12.4 Å². The van der Waals surface area contributed by atoms with Gasteiger partial charge in [-0.15, -0.1) is 0 Å². The first-order valence-electron chi connectivity index (χ1n) is 11.0. The zero-order chi connectivity index (χ0) is 22.9. The maximum absolute atomic E-state index is 9.88. The van der Waals surface area contributed by atoms with E-state index in [4.69, 9.17) is 21.2 Å². The van der Waals surface area contributed by atoms with E-state index in [0.717, 1.165) is 47.3 Å². The second-order valence-electron chi connectivity index (χ2n) is 9.46. The van der Waals surface area contributed by atoms with Crippen molar-refractivity contribution >= 4 is 6.21 Å². The number of hydrogen-bond acceptors (Lipinski definition) is 7. The molecule has 3 rings (SSSR count). The number of ether oxygens (including phenoxy) is 1. The molecule has 5 unspecified atom stereocenters. The molecule has 0 spiro atoms. The van der Waals surface area contributed by atoms with Crippen molar-refractivity contribution in [3.63, 3.8) is 0 Å². The molecule has 0 aromatic carbocycles. The molecular weight excluding hydrogens is 394 g/mol. The maximum atomic E-state index is 9.88. The van der Waals surface area contributed by atoms with Gasteiger partial charge in [-0.05, 0) is 35.8 Å². The summed E-state index contributed by atoms with van der Waals surface area (Å²) in [5, 5.41) is 11.4. The predicted molar refractivity (Wildman–Crippen MR) is 120 cm³/mol. The predicted octanol–water partition coefficient (Wildman–Crippen LogP) is 2.68. The van der Waals surface area contributed by atoms with Crippen molar-refractivity contribution < 1.29 is 19.5 Å². The van der Waals surface area contributed by atoms with E-state index >= 15 is 0 Å². The Labute approximate surface area is 185 Å². The van der Waals surface area contributed by atoms with Crippen LogP contribution in [0.3, 0.4) is 0 Å². The molecule has 8 heteroatoms. The topological polar surface area (TPSA) is 109 Å². The number of nitrogens with zero attached hydrogens (tertiary/aromatic N) is 2. The van der Waals surface area contributed by atoms with Gasteiger partial charge in [-0.2, -0.15) is 5.48 Å². The van der Waals surface area contributed by atoms with Crippen LogP contribution in [0.4, 0.5) is 0 Å². The molecular formula is C23H38N5O3+. The number of nitrogens with one attached hydrogen (secondary N) is 1. The van der Waals surface area contributed by atoms with E-state index in [1.807, 2.05) is 0 Å². The molecule has 31 heavy (non-hydrogen) atoms. The minimum Gasteiger partial charge on any atom is -0.400 e. The first-order chi connectivity index (χ1) is 14.6. The van der Waals surface area contributed by atoms with Crippen LogP contribution in [0.2, 0.25) is 0 Å². The Balaban J connectivity index is 1.91. The summed E-state index contributed by atoms with van der Waals surface area (Å²) in [4.78, 5) is 6.07. The standard InChI is InChI=1S/C23H38N5O3/c1-7-23(5,6)22-16(4)21(31-26-22)15(3)18-12-17-8-9-19(30-17)20(18)28(25)14(2)13-27(29)11-10-24/h10-11,13,16-17,19,21-22,26,29H,2-3,7-9,12,24-25H2,1,4-6H3/q+1/b11-10-,27-13+. The van der Waals surface area contributed by atoms with Gasteiger partial charge in [0.05, 0.1) is 24.1 Å². The molecule has 172 valence electrons. The SMILES string of the molecule is C=C(C1=C(N(N)C(=C)/C=[N+](O)\C=C/N)C2CCC(C1)O2)C1ONC(C(C)(C)CC)C1C. The van der Waals surface area contributed by atoms with E-state index in [9.17, 15) is 5.21 Å². The van der Waals surface area contributed by atoms with Crippen molar-refractivity contribution in [2.24, 2.45) is 22.9 Å². The Bertz CT molecular complexity index is 816. The van der Waals surface area contributed by atoms with Gasteiger partial charge in [0.1, 0.15) is 11.8 Å². The van der Waals surface area contributed by atoms with Crippen molar-refractivity contribution in [2.45, 2.75) is 77.7 Å². The fourth-order valence-corrected chi connectivity index (χ4v) is 4.87. The van der Waals surface area contributed by atoms with Gasteiger partial charge >= 0.3 is 0 Å². The third-order valence-corrected chi connectivity index (χ3v) is 7.05. The lowest BCUT2D eigenvalue weighted by atomic mass is 9.74. The fraction of sp³-hybridized carbons (Fsp3) is 0.609. The van der Waals surface area contributed by atoms with Gasteiger partial charge in [0.15, 0.2) is 0 Å². The molecule has 0 amide bonds. The Morgan fingerprint density at radius 2 is 2.10 bits per heavy atom. The summed E-state index contributed by atoms with van der Waals surface area (Å²) in [5.74, 6) is 6.72. The lowest BCUT2D eigenvalue weighted by molar-refractivity contribution is -0.721. The largest absolute Gasteiger partial charge is 0.400 e. The highest BCUT2D eigenvalue weighted by atomic mass is 16.7. The summed E-state index contributed by atoms with van der Waals surface area (Å²) in [6.07, 6.45) is 7.42. The number of hydroxylamine groups is 2. The quantitative estimate of drug-likeness (QED) is 0.153. The molecule has 2 fully saturated rings. The first kappa shape index (κ1) is 23.5. The van der Waals surface area contributed by atoms with E-state index in [2.05, 4.69) is 46.3 Å². The van der Waals surface area contributed by atoms with Crippen molar-refractivity contribution in [3.8, 4) is 0 Å². The minimum atomic E-state index is -0.154. The van der Waals surface area contributed by atoms with E-state index in [0.29, 0.717) is 5.70 Å². The van der Waals surface area contributed by atoms with Gasteiger partial charge in [0.25, 0.3) is 0 Å². The zero-order valence-corrected chi connectivity index (χ0v) is 19.2. The highest BCUT2D eigenvalue weighted by molar-refractivity contribution is 5.73. The molecule has 6 N–H and O–H groups in total. The summed E-state index contributed by atoms with van der Waals surface area (Å²) >= 11 is 0. The number of rotatable bonds is 8. The smallest absolute Gasteiger partial charge is 0.246 e. The summed E-state index contributed by atoms with van der Waals surface area (Å²) in [6.45, 7) is 17.4. The molecule has 0 aromatic heterocycles. The molecule has 8 nitrogen and oxygen atoms in total. The highest BCUT2D eigenvalue weighted by Gasteiger charge is 2.46. The van der Waals surface area contributed by atoms with Gasteiger partial charge < -0.3 is 10.5 Å². The second-order valence-corrected chi connectivity index (χ2v) is 9.46. The lowest BCUT2D eigenvalue weighted by Gasteiger charge is -2.35. The summed E-state index contributed by atoms with van der Waals surface area (Å²) in [6, 6.07) is 0.225. The molecule has 2 saturated heterocycles. The fourth-order valence-electron chi connectivity index (χ4n) is 4.87. The minimum absolute atomic E-state index is 0.102. The summed E-state index contributed by atoms with van der Waals surface area (Å²) < 4.78 is 6.98. The molecule has 0 radical (unpaired) electrons. The Morgan fingerprint density at radius 1 is 1.39 bits per heavy atom. The van der Waals surface area contributed by atoms with E-state index in [1.54, 1.807) is 0 Å². The Morgan fingerprint density at radius 3 is 2.74 bits per heavy atom. The molecule has 3 heterocycles. The molecule has 0 aromatic rings. The Kier molecular flexibility index (Phi) is 6.95. The van der Waals surface area contributed by atoms with Crippen LogP contribution in [0.25, 0.3) is 0 Å². The van der Waals surface area contributed by atoms with Gasteiger partial charge in [0, 0.05) is 23.1 Å². The number of allylic oxidation sites excluding steroid dienone is 1.